The molecule has 0 bridgehead atoms. The van der Waals surface area contributed by atoms with Crippen molar-refractivity contribution in [3.63, 3.8) is 0 Å². The van der Waals surface area contributed by atoms with Gasteiger partial charge in [-0.25, -0.2) is 4.39 Å². The Kier molecular flexibility index (Phi) is 6.27. The molecule has 4 nitrogen and oxygen atoms in total. The molecule has 0 aromatic heterocycles. The molecule has 2 rings (SSSR count). The SMILES string of the molecule is CN(C)CCCC([OH2+])(c1ccc(F)cc1)c1ccc(C#N)cc1CO. The fourth-order valence-corrected chi connectivity index (χ4v) is 3.04. The van der Waals surface area contributed by atoms with Crippen LogP contribution in [0.4, 0.5) is 4.39 Å². The van der Waals surface area contributed by atoms with E-state index in [0.29, 0.717) is 28.7 Å². The average Bonchev–Trinajstić information content (AvgIpc) is 2.61. The molecule has 0 spiro atoms. The number of nitriles is 1. The van der Waals surface area contributed by atoms with Gasteiger partial charge in [-0.05, 0) is 75.1 Å². The van der Waals surface area contributed by atoms with Crippen molar-refractivity contribution in [2.45, 2.75) is 25.0 Å². The molecule has 0 aliphatic rings. The Morgan fingerprint density at radius 2 is 1.88 bits per heavy atom. The summed E-state index contributed by atoms with van der Waals surface area (Å²) in [6.07, 6.45) is 1.30. The van der Waals surface area contributed by atoms with Crippen molar-refractivity contribution in [2.75, 3.05) is 20.6 Å². The lowest BCUT2D eigenvalue weighted by atomic mass is 9.80. The molecule has 0 aliphatic heterocycles. The maximum absolute atomic E-state index is 13.3. The highest BCUT2D eigenvalue weighted by molar-refractivity contribution is 5.45. The van der Waals surface area contributed by atoms with Crippen molar-refractivity contribution in [3.05, 3.63) is 70.5 Å². The second-order valence-corrected chi connectivity index (χ2v) is 6.46. The Hall–Kier alpha value is -2.26. The molecule has 1 unspecified atom stereocenters. The van der Waals surface area contributed by atoms with Crippen molar-refractivity contribution >= 4 is 0 Å². The second kappa shape index (κ2) is 8.21. The van der Waals surface area contributed by atoms with E-state index in [1.807, 2.05) is 14.1 Å². The Bertz CT molecular complexity index is 753. The molecule has 0 aliphatic carbocycles. The van der Waals surface area contributed by atoms with Gasteiger partial charge in [-0.1, -0.05) is 0 Å². The number of rotatable bonds is 7. The molecule has 0 radical (unpaired) electrons. The van der Waals surface area contributed by atoms with E-state index >= 15 is 0 Å². The summed E-state index contributed by atoms with van der Waals surface area (Å²) in [5.41, 5.74) is 1.22. The summed E-state index contributed by atoms with van der Waals surface area (Å²) in [6, 6.07) is 13.0. The molecule has 0 saturated carbocycles. The van der Waals surface area contributed by atoms with Crippen LogP contribution in [-0.2, 0) is 12.2 Å². The van der Waals surface area contributed by atoms with Crippen molar-refractivity contribution in [2.24, 2.45) is 0 Å². The normalized spacial score (nSPS) is 13.5. The molecule has 2 aromatic carbocycles. The van der Waals surface area contributed by atoms with E-state index < -0.39 is 5.60 Å². The summed E-state index contributed by atoms with van der Waals surface area (Å²) in [5.74, 6) is -0.346. The predicted octanol–water partition coefficient (Wildman–Crippen LogP) is 2.50. The van der Waals surface area contributed by atoms with Gasteiger partial charge in [0.25, 0.3) is 0 Å². The van der Waals surface area contributed by atoms with E-state index in [9.17, 15) is 9.50 Å². The molecular weight excluding hydrogens is 319 g/mol. The van der Waals surface area contributed by atoms with Gasteiger partial charge in [0.15, 0.2) is 0 Å². The summed E-state index contributed by atoms with van der Waals surface area (Å²) in [6.45, 7) is 0.576. The molecule has 1 atom stereocenters. The van der Waals surface area contributed by atoms with E-state index in [1.54, 1.807) is 30.3 Å². The zero-order chi connectivity index (χ0) is 18.4. The first-order valence-electron chi connectivity index (χ1n) is 8.21. The molecule has 3 N–H and O–H groups in total. The molecular formula is C20H24FN2O2+. The monoisotopic (exact) mass is 343 g/mol. The Morgan fingerprint density at radius 1 is 1.20 bits per heavy atom. The largest absolute Gasteiger partial charge is 0.434 e. The third-order valence-corrected chi connectivity index (χ3v) is 4.36. The molecule has 25 heavy (non-hydrogen) atoms. The minimum Gasteiger partial charge on any atom is -0.434 e. The van der Waals surface area contributed by atoms with Gasteiger partial charge in [0.2, 0.25) is 5.60 Å². The van der Waals surface area contributed by atoms with E-state index in [1.165, 1.54) is 12.1 Å². The number of aliphatic hydroxyl groups excluding tert-OH is 1. The van der Waals surface area contributed by atoms with Crippen molar-refractivity contribution < 1.29 is 14.6 Å². The zero-order valence-electron chi connectivity index (χ0n) is 14.6. The van der Waals surface area contributed by atoms with Gasteiger partial charge < -0.3 is 15.1 Å². The van der Waals surface area contributed by atoms with Gasteiger partial charge in [0, 0.05) is 17.5 Å². The molecule has 0 amide bonds. The van der Waals surface area contributed by atoms with Crippen LogP contribution in [0.3, 0.4) is 0 Å². The number of halogens is 1. The van der Waals surface area contributed by atoms with Crippen LogP contribution < -0.4 is 0 Å². The number of benzene rings is 2. The quantitative estimate of drug-likeness (QED) is 0.785. The third-order valence-electron chi connectivity index (χ3n) is 4.36. The lowest BCUT2D eigenvalue weighted by Crippen LogP contribution is -2.30. The molecule has 2 aromatic rings. The topological polar surface area (TPSA) is 70.2 Å². The van der Waals surface area contributed by atoms with Gasteiger partial charge in [0.1, 0.15) is 5.82 Å². The zero-order valence-corrected chi connectivity index (χ0v) is 14.6. The lowest BCUT2D eigenvalue weighted by molar-refractivity contribution is 0.0641. The Morgan fingerprint density at radius 3 is 2.44 bits per heavy atom. The van der Waals surface area contributed by atoms with Crippen LogP contribution in [0.5, 0.6) is 0 Å². The summed E-state index contributed by atoms with van der Waals surface area (Å²) in [4.78, 5) is 2.05. The number of nitrogens with zero attached hydrogens (tertiary/aromatic N) is 2. The highest BCUT2D eigenvalue weighted by Gasteiger charge is 2.38. The highest BCUT2D eigenvalue weighted by atomic mass is 19.1. The van der Waals surface area contributed by atoms with Crippen LogP contribution in [0.2, 0.25) is 0 Å². The van der Waals surface area contributed by atoms with Crippen molar-refractivity contribution in [3.8, 4) is 6.07 Å². The Balaban J connectivity index is 2.51. The molecule has 0 saturated heterocycles. The standard InChI is InChI=1S/C20H23FN2O2/c1-23(2)11-3-10-20(25,17-5-7-18(21)8-6-17)19-9-4-15(13-22)12-16(19)14-24/h4-9,12,24-25H,3,10-11,14H2,1-2H3/p+1. The summed E-state index contributed by atoms with van der Waals surface area (Å²) >= 11 is 0. The van der Waals surface area contributed by atoms with Crippen molar-refractivity contribution in [1.29, 1.82) is 5.26 Å². The number of hydrogen-bond acceptors (Lipinski definition) is 3. The van der Waals surface area contributed by atoms with E-state index in [0.717, 1.165) is 13.0 Å². The molecule has 0 heterocycles. The van der Waals surface area contributed by atoms with Gasteiger partial charge >= 0.3 is 0 Å². The summed E-state index contributed by atoms with van der Waals surface area (Å²) in [7, 11) is 3.95. The number of aliphatic hydroxyl groups is 1. The van der Waals surface area contributed by atoms with Gasteiger partial charge in [-0.3, -0.25) is 0 Å². The number of hydrogen-bond donors (Lipinski definition) is 1. The second-order valence-electron chi connectivity index (χ2n) is 6.46. The van der Waals surface area contributed by atoms with Gasteiger partial charge in [-0.2, -0.15) is 5.26 Å². The summed E-state index contributed by atoms with van der Waals surface area (Å²) in [5, 5.41) is 28.0. The van der Waals surface area contributed by atoms with Crippen molar-refractivity contribution in [1.82, 2.24) is 4.90 Å². The van der Waals surface area contributed by atoms with Crippen LogP contribution >= 0.6 is 0 Å². The van der Waals surface area contributed by atoms with Crippen LogP contribution in [0.1, 0.15) is 35.1 Å². The lowest BCUT2D eigenvalue weighted by Gasteiger charge is -2.27. The molecule has 5 heteroatoms. The van der Waals surface area contributed by atoms with Crippen LogP contribution in [0, 0.1) is 17.1 Å². The first-order chi connectivity index (χ1) is 11.9. The Labute approximate surface area is 147 Å². The first-order valence-corrected chi connectivity index (χ1v) is 8.21. The fraction of sp³-hybridized carbons (Fsp3) is 0.350. The van der Waals surface area contributed by atoms with Crippen LogP contribution in [0.25, 0.3) is 0 Å². The maximum Gasteiger partial charge on any atom is 0.216 e. The van der Waals surface area contributed by atoms with E-state index in [4.69, 9.17) is 10.4 Å². The van der Waals surface area contributed by atoms with Gasteiger partial charge in [-0.15, -0.1) is 0 Å². The maximum atomic E-state index is 13.3. The minimum atomic E-state index is -1.12. The smallest absolute Gasteiger partial charge is 0.216 e. The van der Waals surface area contributed by atoms with Crippen LogP contribution in [-0.4, -0.2) is 35.8 Å². The van der Waals surface area contributed by atoms with E-state index in [2.05, 4.69) is 11.0 Å². The predicted molar refractivity (Wildman–Crippen MR) is 95.7 cm³/mol. The highest BCUT2D eigenvalue weighted by Crippen LogP contribution is 2.36. The average molecular weight is 343 g/mol. The van der Waals surface area contributed by atoms with Gasteiger partial charge in [0.05, 0.1) is 18.2 Å². The van der Waals surface area contributed by atoms with E-state index in [-0.39, 0.29) is 12.4 Å². The molecule has 132 valence electrons. The molecule has 0 fully saturated rings. The van der Waals surface area contributed by atoms with Crippen LogP contribution in [0.15, 0.2) is 42.5 Å². The first kappa shape index (κ1) is 19.1. The minimum absolute atomic E-state index is 0.250. The third kappa shape index (κ3) is 4.43. The fourth-order valence-electron chi connectivity index (χ4n) is 3.04. The summed E-state index contributed by atoms with van der Waals surface area (Å²) < 4.78 is 13.3.